The van der Waals surface area contributed by atoms with Gasteiger partial charge in [0.05, 0.1) is 37.1 Å². The summed E-state index contributed by atoms with van der Waals surface area (Å²) >= 11 is 1.71. The Kier molecular flexibility index (Phi) is 6.60. The van der Waals surface area contributed by atoms with Crippen LogP contribution in [0.2, 0.25) is 0 Å². The maximum absolute atomic E-state index is 12.0. The van der Waals surface area contributed by atoms with Gasteiger partial charge in [0.2, 0.25) is 0 Å². The van der Waals surface area contributed by atoms with Crippen molar-refractivity contribution < 1.29 is 19.0 Å². The smallest absolute Gasteiger partial charge is 0.315 e. The molecular formula is C15H23NO4S. The zero-order valence-electron chi connectivity index (χ0n) is 12.7. The number of carbonyl (C=O) groups excluding carboxylic acids is 1. The van der Waals surface area contributed by atoms with Gasteiger partial charge in [-0.3, -0.25) is 4.79 Å². The van der Waals surface area contributed by atoms with Gasteiger partial charge in [-0.25, -0.2) is 4.98 Å². The van der Waals surface area contributed by atoms with Crippen LogP contribution in [0.4, 0.5) is 0 Å². The van der Waals surface area contributed by atoms with Gasteiger partial charge in [-0.15, -0.1) is 11.3 Å². The molecule has 5 nitrogen and oxygen atoms in total. The summed E-state index contributed by atoms with van der Waals surface area (Å²) in [7, 11) is 1.66. The molecule has 1 heterocycles. The predicted molar refractivity (Wildman–Crippen MR) is 80.8 cm³/mol. The average molecular weight is 313 g/mol. The summed E-state index contributed by atoms with van der Waals surface area (Å²) in [6, 6.07) is 0. The van der Waals surface area contributed by atoms with Crippen molar-refractivity contribution in [1.29, 1.82) is 0 Å². The van der Waals surface area contributed by atoms with E-state index in [1.165, 1.54) is 4.88 Å². The molecule has 0 amide bonds. The zero-order chi connectivity index (χ0) is 15.1. The summed E-state index contributed by atoms with van der Waals surface area (Å²) in [5, 5.41) is 1.05. The first-order valence-electron chi connectivity index (χ1n) is 7.48. The quantitative estimate of drug-likeness (QED) is 0.544. The number of hydrogen-bond donors (Lipinski definition) is 0. The van der Waals surface area contributed by atoms with Crippen molar-refractivity contribution in [3.63, 3.8) is 0 Å². The molecule has 0 spiro atoms. The van der Waals surface area contributed by atoms with Crippen molar-refractivity contribution >= 4 is 17.3 Å². The highest BCUT2D eigenvalue weighted by Crippen LogP contribution is 2.35. The lowest BCUT2D eigenvalue weighted by Crippen LogP contribution is -2.20. The summed E-state index contributed by atoms with van der Waals surface area (Å²) < 4.78 is 15.6. The maximum Gasteiger partial charge on any atom is 0.315 e. The third-order valence-electron chi connectivity index (χ3n) is 3.46. The van der Waals surface area contributed by atoms with Crippen LogP contribution in [0.15, 0.2) is 0 Å². The molecule has 118 valence electrons. The molecule has 6 heteroatoms. The molecule has 0 saturated carbocycles. The molecule has 1 aliphatic carbocycles. The Hall–Kier alpha value is -0.980. The Morgan fingerprint density at radius 2 is 2.24 bits per heavy atom. The number of thiazole rings is 1. The minimum absolute atomic E-state index is 0.133. The molecule has 0 saturated heterocycles. The first kappa shape index (κ1) is 16.4. The van der Waals surface area contributed by atoms with E-state index < -0.39 is 0 Å². The number of fused-ring (bicyclic) bond motifs is 1. The van der Waals surface area contributed by atoms with Crippen LogP contribution in [0, 0.1) is 0 Å². The molecule has 1 aromatic heterocycles. The van der Waals surface area contributed by atoms with Gasteiger partial charge in [0, 0.05) is 18.4 Å². The Balaban J connectivity index is 1.93. The fourth-order valence-electron chi connectivity index (χ4n) is 2.45. The summed E-state index contributed by atoms with van der Waals surface area (Å²) in [5.41, 5.74) is 0.941. The van der Waals surface area contributed by atoms with Crippen molar-refractivity contribution in [2.24, 2.45) is 0 Å². The largest absolute Gasteiger partial charge is 0.465 e. The third kappa shape index (κ3) is 4.49. The van der Waals surface area contributed by atoms with Crippen LogP contribution in [-0.4, -0.2) is 44.5 Å². The number of aryl methyl sites for hydroxylation is 1. The number of rotatable bonds is 8. The number of ether oxygens (including phenoxy) is 3. The highest BCUT2D eigenvalue weighted by molar-refractivity contribution is 7.11. The van der Waals surface area contributed by atoms with E-state index in [4.69, 9.17) is 14.2 Å². The minimum Gasteiger partial charge on any atom is -0.465 e. The fourth-order valence-corrected chi connectivity index (χ4v) is 3.60. The van der Waals surface area contributed by atoms with E-state index in [-0.39, 0.29) is 11.9 Å². The van der Waals surface area contributed by atoms with E-state index in [0.29, 0.717) is 26.4 Å². The monoisotopic (exact) mass is 313 g/mol. The maximum atomic E-state index is 12.0. The van der Waals surface area contributed by atoms with Crippen LogP contribution < -0.4 is 0 Å². The van der Waals surface area contributed by atoms with Crippen LogP contribution in [0.3, 0.4) is 0 Å². The standard InChI is InChI=1S/C15H23NO4S/c1-3-20-15(17)11-5-4-6-12-14(11)16-13(21-12)7-8-19-10-9-18-2/h11H,3-10H2,1-2H3. The SMILES string of the molecule is CCOC(=O)C1CCCc2sc(CCOCCOC)nc21. The number of carbonyl (C=O) groups is 1. The van der Waals surface area contributed by atoms with Gasteiger partial charge in [-0.1, -0.05) is 0 Å². The summed E-state index contributed by atoms with van der Waals surface area (Å²) in [5.74, 6) is -0.306. The lowest BCUT2D eigenvalue weighted by Gasteiger charge is -2.19. The van der Waals surface area contributed by atoms with E-state index >= 15 is 0 Å². The van der Waals surface area contributed by atoms with Crippen LogP contribution >= 0.6 is 11.3 Å². The Morgan fingerprint density at radius 3 is 3.00 bits per heavy atom. The van der Waals surface area contributed by atoms with Gasteiger partial charge in [-0.2, -0.15) is 0 Å². The van der Waals surface area contributed by atoms with Gasteiger partial charge in [0.15, 0.2) is 0 Å². The predicted octanol–water partition coefficient (Wildman–Crippen LogP) is 2.33. The van der Waals surface area contributed by atoms with E-state index in [1.807, 2.05) is 6.92 Å². The second kappa shape index (κ2) is 8.46. The molecule has 0 N–H and O–H groups in total. The molecule has 1 unspecified atom stereocenters. The van der Waals surface area contributed by atoms with Gasteiger partial charge in [0.1, 0.15) is 5.92 Å². The second-order valence-corrected chi connectivity index (χ2v) is 6.14. The number of hydrogen-bond acceptors (Lipinski definition) is 6. The van der Waals surface area contributed by atoms with E-state index in [0.717, 1.165) is 36.4 Å². The van der Waals surface area contributed by atoms with Crippen molar-refractivity contribution in [1.82, 2.24) is 4.98 Å². The molecule has 2 rings (SSSR count). The van der Waals surface area contributed by atoms with E-state index in [2.05, 4.69) is 4.98 Å². The molecule has 1 atom stereocenters. The molecule has 1 aromatic rings. The Bertz CT molecular complexity index is 461. The van der Waals surface area contributed by atoms with Crippen molar-refractivity contribution in [2.75, 3.05) is 33.5 Å². The topological polar surface area (TPSA) is 57.7 Å². The summed E-state index contributed by atoms with van der Waals surface area (Å²) in [4.78, 5) is 17.9. The first-order chi connectivity index (χ1) is 10.3. The molecule has 0 radical (unpaired) electrons. The highest BCUT2D eigenvalue weighted by Gasteiger charge is 2.31. The van der Waals surface area contributed by atoms with Crippen LogP contribution in [0.25, 0.3) is 0 Å². The fraction of sp³-hybridized carbons (Fsp3) is 0.733. The lowest BCUT2D eigenvalue weighted by atomic mass is 9.91. The molecule has 0 fully saturated rings. The molecule has 0 bridgehead atoms. The normalized spacial score (nSPS) is 17.5. The molecule has 21 heavy (non-hydrogen) atoms. The van der Waals surface area contributed by atoms with Crippen molar-refractivity contribution in [2.45, 2.75) is 38.5 Å². The number of esters is 1. The van der Waals surface area contributed by atoms with Gasteiger partial charge < -0.3 is 14.2 Å². The van der Waals surface area contributed by atoms with Crippen molar-refractivity contribution in [3.05, 3.63) is 15.6 Å². The van der Waals surface area contributed by atoms with E-state index in [1.54, 1.807) is 18.4 Å². The Labute approximate surface area is 129 Å². The highest BCUT2D eigenvalue weighted by atomic mass is 32.1. The molecular weight excluding hydrogens is 290 g/mol. The van der Waals surface area contributed by atoms with Crippen LogP contribution in [0.1, 0.15) is 41.3 Å². The summed E-state index contributed by atoms with van der Waals surface area (Å²) in [6.45, 7) is 4.12. The average Bonchev–Trinajstić information content (AvgIpc) is 2.89. The van der Waals surface area contributed by atoms with Crippen LogP contribution in [0.5, 0.6) is 0 Å². The van der Waals surface area contributed by atoms with E-state index in [9.17, 15) is 4.79 Å². The lowest BCUT2D eigenvalue weighted by molar-refractivity contribution is -0.145. The van der Waals surface area contributed by atoms with Crippen LogP contribution in [-0.2, 0) is 31.8 Å². The Morgan fingerprint density at radius 1 is 1.38 bits per heavy atom. The molecule has 0 aliphatic heterocycles. The third-order valence-corrected chi connectivity index (χ3v) is 4.65. The zero-order valence-corrected chi connectivity index (χ0v) is 13.5. The van der Waals surface area contributed by atoms with Gasteiger partial charge in [0.25, 0.3) is 0 Å². The number of methoxy groups -OCH3 is 1. The van der Waals surface area contributed by atoms with Gasteiger partial charge in [-0.05, 0) is 26.2 Å². The second-order valence-electron chi connectivity index (χ2n) is 4.97. The van der Waals surface area contributed by atoms with Gasteiger partial charge >= 0.3 is 5.97 Å². The number of aromatic nitrogens is 1. The number of nitrogens with zero attached hydrogens (tertiary/aromatic N) is 1. The molecule has 0 aromatic carbocycles. The minimum atomic E-state index is -0.173. The summed E-state index contributed by atoms with van der Waals surface area (Å²) in [6.07, 6.45) is 3.69. The van der Waals surface area contributed by atoms with Crippen molar-refractivity contribution in [3.8, 4) is 0 Å². The molecule has 1 aliphatic rings. The first-order valence-corrected chi connectivity index (χ1v) is 8.29.